The lowest BCUT2D eigenvalue weighted by Crippen LogP contribution is -2.23. The molecule has 14 heavy (non-hydrogen) atoms. The van der Waals surface area contributed by atoms with Gasteiger partial charge >= 0.3 is 0 Å². The Labute approximate surface area is 85.5 Å². The Bertz CT molecular complexity index is 375. The zero-order chi connectivity index (χ0) is 10.6. The lowest BCUT2D eigenvalue weighted by molar-refractivity contribution is -0.125. The number of hydrogen-bond donors (Lipinski definition) is 1. The van der Waals surface area contributed by atoms with E-state index in [-0.39, 0.29) is 17.2 Å². The van der Waals surface area contributed by atoms with Crippen LogP contribution in [0.4, 0.5) is 0 Å². The SMILES string of the molecule is CN(C)C(=O)CSc1nccc(=O)[nH]1. The average Bonchev–Trinajstić information content (AvgIpc) is 2.14. The van der Waals surface area contributed by atoms with Crippen LogP contribution in [0.2, 0.25) is 0 Å². The van der Waals surface area contributed by atoms with Crippen LogP contribution in [0.1, 0.15) is 0 Å². The van der Waals surface area contributed by atoms with Gasteiger partial charge in [0.1, 0.15) is 0 Å². The molecule has 6 heteroatoms. The fourth-order valence-corrected chi connectivity index (χ4v) is 1.51. The Hall–Kier alpha value is -1.30. The summed E-state index contributed by atoms with van der Waals surface area (Å²) in [7, 11) is 3.37. The summed E-state index contributed by atoms with van der Waals surface area (Å²) in [4.78, 5) is 30.0. The molecule has 0 radical (unpaired) electrons. The van der Waals surface area contributed by atoms with E-state index in [2.05, 4.69) is 9.97 Å². The summed E-state index contributed by atoms with van der Waals surface area (Å²) in [6.45, 7) is 0. The molecule has 76 valence electrons. The van der Waals surface area contributed by atoms with Crippen LogP contribution >= 0.6 is 11.8 Å². The molecule has 5 nitrogen and oxygen atoms in total. The van der Waals surface area contributed by atoms with Gasteiger partial charge in [0.25, 0.3) is 5.56 Å². The Morgan fingerprint density at radius 3 is 2.93 bits per heavy atom. The largest absolute Gasteiger partial charge is 0.348 e. The van der Waals surface area contributed by atoms with Crippen molar-refractivity contribution in [2.24, 2.45) is 0 Å². The van der Waals surface area contributed by atoms with Gasteiger partial charge in [0.05, 0.1) is 5.75 Å². The minimum Gasteiger partial charge on any atom is -0.348 e. The number of carbonyl (C=O) groups is 1. The summed E-state index contributed by atoms with van der Waals surface area (Å²) in [6.07, 6.45) is 1.42. The summed E-state index contributed by atoms with van der Waals surface area (Å²) in [5.41, 5.74) is -0.209. The second-order valence-corrected chi connectivity index (χ2v) is 3.78. The van der Waals surface area contributed by atoms with Crippen molar-refractivity contribution in [3.8, 4) is 0 Å². The van der Waals surface area contributed by atoms with E-state index in [9.17, 15) is 9.59 Å². The third-order valence-electron chi connectivity index (χ3n) is 1.48. The highest BCUT2D eigenvalue weighted by atomic mass is 32.2. The molecule has 0 fully saturated rings. The van der Waals surface area contributed by atoms with Crippen molar-refractivity contribution < 1.29 is 4.79 Å². The van der Waals surface area contributed by atoms with Gasteiger partial charge in [0.15, 0.2) is 5.16 Å². The molecule has 0 aliphatic rings. The molecule has 1 N–H and O–H groups in total. The molecule has 1 aromatic heterocycles. The molecule has 0 bridgehead atoms. The molecule has 0 aliphatic heterocycles. The van der Waals surface area contributed by atoms with Gasteiger partial charge in [-0.1, -0.05) is 11.8 Å². The third-order valence-corrected chi connectivity index (χ3v) is 2.35. The van der Waals surface area contributed by atoms with Crippen molar-refractivity contribution in [1.82, 2.24) is 14.9 Å². The zero-order valence-electron chi connectivity index (χ0n) is 7.98. The fraction of sp³-hybridized carbons (Fsp3) is 0.375. The topological polar surface area (TPSA) is 66.1 Å². The number of amides is 1. The number of aromatic amines is 1. The predicted molar refractivity (Wildman–Crippen MR) is 54.3 cm³/mol. The van der Waals surface area contributed by atoms with E-state index in [0.717, 1.165) is 0 Å². The van der Waals surface area contributed by atoms with Crippen LogP contribution in [0.15, 0.2) is 22.2 Å². The van der Waals surface area contributed by atoms with Gasteiger partial charge in [-0.15, -0.1) is 0 Å². The molecule has 0 aliphatic carbocycles. The van der Waals surface area contributed by atoms with Gasteiger partial charge in [-0.05, 0) is 0 Å². The van der Waals surface area contributed by atoms with E-state index >= 15 is 0 Å². The number of nitrogens with one attached hydrogen (secondary N) is 1. The van der Waals surface area contributed by atoms with Crippen molar-refractivity contribution in [1.29, 1.82) is 0 Å². The number of nitrogens with zero attached hydrogens (tertiary/aromatic N) is 2. The quantitative estimate of drug-likeness (QED) is 0.564. The van der Waals surface area contributed by atoms with Gasteiger partial charge in [-0.25, -0.2) is 4.98 Å². The molecule has 0 saturated heterocycles. The van der Waals surface area contributed by atoms with Crippen LogP contribution in [0.3, 0.4) is 0 Å². The summed E-state index contributed by atoms with van der Waals surface area (Å²) in [6, 6.07) is 1.33. The van der Waals surface area contributed by atoms with Gasteiger partial charge in [0, 0.05) is 26.4 Å². The minimum absolute atomic E-state index is 0.0125. The molecular formula is C8H11N3O2S. The number of H-pyrrole nitrogens is 1. The van der Waals surface area contributed by atoms with Crippen molar-refractivity contribution in [3.05, 3.63) is 22.6 Å². The maximum absolute atomic E-state index is 11.2. The van der Waals surface area contributed by atoms with Crippen molar-refractivity contribution in [2.45, 2.75) is 5.16 Å². The Morgan fingerprint density at radius 1 is 1.64 bits per heavy atom. The first-order valence-electron chi connectivity index (χ1n) is 3.98. The monoisotopic (exact) mass is 213 g/mol. The van der Waals surface area contributed by atoms with Crippen LogP contribution in [-0.4, -0.2) is 40.6 Å². The summed E-state index contributed by atoms with van der Waals surface area (Å²) in [5, 5.41) is 0.465. The van der Waals surface area contributed by atoms with E-state index < -0.39 is 0 Å². The smallest absolute Gasteiger partial charge is 0.251 e. The summed E-state index contributed by atoms with van der Waals surface area (Å²) in [5.74, 6) is 0.265. The Morgan fingerprint density at radius 2 is 2.36 bits per heavy atom. The van der Waals surface area contributed by atoms with Crippen molar-refractivity contribution >= 4 is 17.7 Å². The number of thioether (sulfide) groups is 1. The average molecular weight is 213 g/mol. The molecule has 0 saturated carbocycles. The van der Waals surface area contributed by atoms with E-state index in [1.807, 2.05) is 0 Å². The van der Waals surface area contributed by atoms with E-state index in [4.69, 9.17) is 0 Å². The predicted octanol–water partition coefficient (Wildman–Crippen LogP) is -0.0498. The van der Waals surface area contributed by atoms with Crippen LogP contribution in [0.25, 0.3) is 0 Å². The molecule has 0 aromatic carbocycles. The Kier molecular flexibility index (Phi) is 3.70. The van der Waals surface area contributed by atoms with Crippen LogP contribution in [0.5, 0.6) is 0 Å². The molecule has 1 rings (SSSR count). The first-order valence-corrected chi connectivity index (χ1v) is 4.96. The van der Waals surface area contributed by atoms with Crippen LogP contribution in [-0.2, 0) is 4.79 Å². The minimum atomic E-state index is -0.209. The van der Waals surface area contributed by atoms with E-state index in [1.165, 1.54) is 28.9 Å². The third kappa shape index (κ3) is 3.21. The zero-order valence-corrected chi connectivity index (χ0v) is 8.80. The highest BCUT2D eigenvalue weighted by Crippen LogP contribution is 2.09. The first-order chi connectivity index (χ1) is 6.59. The highest BCUT2D eigenvalue weighted by molar-refractivity contribution is 7.99. The second kappa shape index (κ2) is 4.80. The highest BCUT2D eigenvalue weighted by Gasteiger charge is 2.05. The molecular weight excluding hydrogens is 202 g/mol. The molecule has 0 unspecified atom stereocenters. The molecule has 1 amide bonds. The lowest BCUT2D eigenvalue weighted by atomic mass is 10.6. The lowest BCUT2D eigenvalue weighted by Gasteiger charge is -2.08. The molecule has 0 atom stereocenters. The van der Waals surface area contributed by atoms with E-state index in [0.29, 0.717) is 5.16 Å². The second-order valence-electron chi connectivity index (χ2n) is 2.82. The molecule has 0 spiro atoms. The first kappa shape index (κ1) is 10.8. The maximum atomic E-state index is 11.2. The van der Waals surface area contributed by atoms with Crippen LogP contribution in [0, 0.1) is 0 Å². The van der Waals surface area contributed by atoms with Gasteiger partial charge in [-0.2, -0.15) is 0 Å². The standard InChI is InChI=1S/C8H11N3O2S/c1-11(2)7(13)5-14-8-9-4-3-6(12)10-8/h3-4H,5H2,1-2H3,(H,9,10,12). The van der Waals surface area contributed by atoms with Crippen LogP contribution < -0.4 is 5.56 Å². The maximum Gasteiger partial charge on any atom is 0.251 e. The number of carbonyl (C=O) groups excluding carboxylic acids is 1. The number of rotatable bonds is 3. The fourth-order valence-electron chi connectivity index (χ4n) is 0.685. The summed E-state index contributed by atoms with van der Waals surface area (Å²) >= 11 is 1.21. The van der Waals surface area contributed by atoms with Crippen molar-refractivity contribution in [2.75, 3.05) is 19.8 Å². The van der Waals surface area contributed by atoms with Gasteiger partial charge in [0.2, 0.25) is 5.91 Å². The van der Waals surface area contributed by atoms with E-state index in [1.54, 1.807) is 14.1 Å². The Balaban J connectivity index is 2.54. The summed E-state index contributed by atoms with van der Waals surface area (Å²) < 4.78 is 0. The molecule has 1 heterocycles. The van der Waals surface area contributed by atoms with Gasteiger partial charge in [-0.3, -0.25) is 9.59 Å². The van der Waals surface area contributed by atoms with Crippen molar-refractivity contribution in [3.63, 3.8) is 0 Å². The number of aromatic nitrogens is 2. The normalized spacial score (nSPS) is 9.86. The number of hydrogen-bond acceptors (Lipinski definition) is 4. The van der Waals surface area contributed by atoms with Gasteiger partial charge < -0.3 is 9.88 Å². The molecule has 1 aromatic rings.